The van der Waals surface area contributed by atoms with E-state index in [1.807, 2.05) is 52.0 Å². The van der Waals surface area contributed by atoms with E-state index in [4.69, 9.17) is 11.6 Å². The van der Waals surface area contributed by atoms with Crippen molar-refractivity contribution in [1.82, 2.24) is 10.2 Å². The van der Waals surface area contributed by atoms with Crippen molar-refractivity contribution in [1.29, 1.82) is 0 Å². The van der Waals surface area contributed by atoms with Crippen LogP contribution in [0.2, 0.25) is 5.02 Å². The van der Waals surface area contributed by atoms with E-state index in [-0.39, 0.29) is 29.0 Å². The van der Waals surface area contributed by atoms with Crippen molar-refractivity contribution in [2.24, 2.45) is 5.92 Å². The van der Waals surface area contributed by atoms with Crippen LogP contribution in [0.4, 0.5) is 5.69 Å². The van der Waals surface area contributed by atoms with Gasteiger partial charge in [-0.2, -0.15) is 0 Å². The molecule has 1 unspecified atom stereocenters. The summed E-state index contributed by atoms with van der Waals surface area (Å²) in [4.78, 5) is 28.5. The minimum Gasteiger partial charge on any atom is -0.354 e. The fourth-order valence-corrected chi connectivity index (χ4v) is 5.77. The summed E-state index contributed by atoms with van der Waals surface area (Å²) < 4.78 is 29.7. The van der Waals surface area contributed by atoms with E-state index in [1.54, 1.807) is 31.2 Å². The van der Waals surface area contributed by atoms with Crippen LogP contribution in [0.1, 0.15) is 37.5 Å². The van der Waals surface area contributed by atoms with E-state index < -0.39 is 28.5 Å². The molecule has 7 nitrogen and oxygen atoms in total. The summed E-state index contributed by atoms with van der Waals surface area (Å²) in [5.41, 5.74) is 2.73. The van der Waals surface area contributed by atoms with Gasteiger partial charge in [-0.1, -0.05) is 77.3 Å². The van der Waals surface area contributed by atoms with Crippen molar-refractivity contribution in [3.63, 3.8) is 0 Å². The summed E-state index contributed by atoms with van der Waals surface area (Å²) in [7, 11) is -4.15. The van der Waals surface area contributed by atoms with Gasteiger partial charge in [-0.15, -0.1) is 0 Å². The molecule has 0 radical (unpaired) electrons. The highest BCUT2D eigenvalue weighted by Gasteiger charge is 2.32. The predicted molar refractivity (Wildman–Crippen MR) is 164 cm³/mol. The largest absolute Gasteiger partial charge is 0.354 e. The number of rotatable bonds is 11. The molecule has 3 rings (SSSR count). The highest BCUT2D eigenvalue weighted by molar-refractivity contribution is 9.10. The highest BCUT2D eigenvalue weighted by Crippen LogP contribution is 2.29. The van der Waals surface area contributed by atoms with Crippen molar-refractivity contribution >= 4 is 55.1 Å². The number of carbonyl (C=O) groups is 2. The monoisotopic (exact) mass is 647 g/mol. The molecule has 0 saturated carbocycles. The van der Waals surface area contributed by atoms with Crippen LogP contribution >= 0.6 is 27.5 Å². The number of halogens is 2. The zero-order chi connectivity index (χ0) is 29.6. The van der Waals surface area contributed by atoms with Crippen LogP contribution in [0.15, 0.2) is 76.1 Å². The first-order chi connectivity index (χ1) is 18.8. The van der Waals surface area contributed by atoms with Gasteiger partial charge in [-0.3, -0.25) is 13.9 Å². The molecule has 40 heavy (non-hydrogen) atoms. The third kappa shape index (κ3) is 8.08. The van der Waals surface area contributed by atoms with Gasteiger partial charge in [-0.25, -0.2) is 8.42 Å². The van der Waals surface area contributed by atoms with Crippen LogP contribution in [-0.2, 0) is 26.2 Å². The fraction of sp³-hybridized carbons (Fsp3) is 0.333. The first kappa shape index (κ1) is 31.6. The Morgan fingerprint density at radius 1 is 0.950 bits per heavy atom. The average molecular weight is 649 g/mol. The summed E-state index contributed by atoms with van der Waals surface area (Å²) >= 11 is 9.79. The standard InChI is InChI=1S/C30H35BrClN3O4S/c1-20(2)17-33-30(37)23(5)34(18-24-9-11-25(31)12-10-24)29(36)19-35(26-13-8-22(4)28(32)16-26)40(38,39)27-14-6-21(3)7-15-27/h6-16,20,23H,17-19H2,1-5H3,(H,33,37). The summed E-state index contributed by atoms with van der Waals surface area (Å²) in [6.45, 7) is 9.35. The molecular weight excluding hydrogens is 614 g/mol. The van der Waals surface area contributed by atoms with Gasteiger partial charge in [0.2, 0.25) is 11.8 Å². The molecule has 0 aliphatic carbocycles. The maximum atomic E-state index is 14.0. The van der Waals surface area contributed by atoms with Crippen LogP contribution in [0, 0.1) is 19.8 Å². The second-order valence-electron chi connectivity index (χ2n) is 10.2. The van der Waals surface area contributed by atoms with E-state index in [2.05, 4.69) is 21.2 Å². The summed E-state index contributed by atoms with van der Waals surface area (Å²) in [6.07, 6.45) is 0. The molecule has 1 N–H and O–H groups in total. The highest BCUT2D eigenvalue weighted by atomic mass is 79.9. The Balaban J connectivity index is 2.03. The minimum atomic E-state index is -4.15. The number of sulfonamides is 1. The number of nitrogens with zero attached hydrogens (tertiary/aromatic N) is 2. The van der Waals surface area contributed by atoms with Gasteiger partial charge >= 0.3 is 0 Å². The molecule has 0 aliphatic rings. The van der Waals surface area contributed by atoms with Crippen molar-refractivity contribution in [3.8, 4) is 0 Å². The van der Waals surface area contributed by atoms with Gasteiger partial charge in [0.25, 0.3) is 10.0 Å². The molecule has 0 fully saturated rings. The third-order valence-corrected chi connectivity index (χ3v) is 9.17. The van der Waals surface area contributed by atoms with Gasteiger partial charge in [0.05, 0.1) is 10.6 Å². The molecular formula is C30H35BrClN3O4S. The summed E-state index contributed by atoms with van der Waals surface area (Å²) in [5, 5.41) is 3.26. The first-order valence-corrected chi connectivity index (χ1v) is 15.6. The van der Waals surface area contributed by atoms with Crippen molar-refractivity contribution < 1.29 is 18.0 Å². The fourth-order valence-electron chi connectivity index (χ4n) is 3.92. The lowest BCUT2D eigenvalue weighted by Crippen LogP contribution is -2.51. The number of hydrogen-bond acceptors (Lipinski definition) is 4. The lowest BCUT2D eigenvalue weighted by Gasteiger charge is -2.32. The number of amides is 2. The molecule has 0 aliphatic heterocycles. The van der Waals surface area contributed by atoms with Crippen molar-refractivity contribution in [3.05, 3.63) is 92.9 Å². The van der Waals surface area contributed by atoms with Gasteiger partial charge in [0, 0.05) is 22.6 Å². The molecule has 0 saturated heterocycles. The average Bonchev–Trinajstić information content (AvgIpc) is 2.91. The van der Waals surface area contributed by atoms with E-state index in [0.717, 1.165) is 25.5 Å². The zero-order valence-electron chi connectivity index (χ0n) is 23.3. The maximum Gasteiger partial charge on any atom is 0.264 e. The van der Waals surface area contributed by atoms with E-state index >= 15 is 0 Å². The lowest BCUT2D eigenvalue weighted by atomic mass is 10.1. The quantitative estimate of drug-likeness (QED) is 0.272. The Labute approximate surface area is 250 Å². The zero-order valence-corrected chi connectivity index (χ0v) is 26.5. The Hall–Kier alpha value is -2.88. The van der Waals surface area contributed by atoms with Crippen molar-refractivity contribution in [2.75, 3.05) is 17.4 Å². The normalized spacial score (nSPS) is 12.2. The topological polar surface area (TPSA) is 86.8 Å². The second-order valence-corrected chi connectivity index (χ2v) is 13.4. The molecule has 0 aromatic heterocycles. The molecule has 10 heteroatoms. The van der Waals surface area contributed by atoms with Gasteiger partial charge in [-0.05, 0) is 74.2 Å². The number of carbonyl (C=O) groups excluding carboxylic acids is 2. The minimum absolute atomic E-state index is 0.0461. The van der Waals surface area contributed by atoms with Gasteiger partial charge in [0.1, 0.15) is 12.6 Å². The third-order valence-electron chi connectivity index (χ3n) is 6.45. The summed E-state index contributed by atoms with van der Waals surface area (Å²) in [6, 6.07) is 17.9. The van der Waals surface area contributed by atoms with Crippen LogP contribution in [0.3, 0.4) is 0 Å². The second kappa shape index (κ2) is 13.7. The van der Waals surface area contributed by atoms with Gasteiger partial charge < -0.3 is 10.2 Å². The molecule has 3 aromatic rings. The Bertz CT molecular complexity index is 1440. The van der Waals surface area contributed by atoms with E-state index in [1.165, 1.54) is 23.1 Å². The predicted octanol–water partition coefficient (Wildman–Crippen LogP) is 6.10. The lowest BCUT2D eigenvalue weighted by molar-refractivity contribution is -0.139. The number of aryl methyl sites for hydroxylation is 2. The molecule has 0 spiro atoms. The molecule has 1 atom stereocenters. The number of anilines is 1. The molecule has 0 bridgehead atoms. The summed E-state index contributed by atoms with van der Waals surface area (Å²) in [5.74, 6) is -0.610. The number of benzene rings is 3. The van der Waals surface area contributed by atoms with E-state index in [9.17, 15) is 18.0 Å². The van der Waals surface area contributed by atoms with Crippen LogP contribution < -0.4 is 9.62 Å². The van der Waals surface area contributed by atoms with Crippen LogP contribution in [0.5, 0.6) is 0 Å². The molecule has 2 amide bonds. The van der Waals surface area contributed by atoms with Gasteiger partial charge in [0.15, 0.2) is 0 Å². The number of nitrogens with one attached hydrogen (secondary N) is 1. The number of hydrogen-bond donors (Lipinski definition) is 1. The molecule has 0 heterocycles. The van der Waals surface area contributed by atoms with Crippen molar-refractivity contribution in [2.45, 2.75) is 52.1 Å². The molecule has 214 valence electrons. The Morgan fingerprint density at radius 3 is 2.15 bits per heavy atom. The maximum absolute atomic E-state index is 14.0. The molecule has 3 aromatic carbocycles. The Morgan fingerprint density at radius 2 is 1.57 bits per heavy atom. The smallest absolute Gasteiger partial charge is 0.264 e. The SMILES string of the molecule is Cc1ccc(S(=O)(=O)N(CC(=O)N(Cc2ccc(Br)cc2)C(C)C(=O)NCC(C)C)c2ccc(C)c(Cl)c2)cc1. The first-order valence-electron chi connectivity index (χ1n) is 13.0. The Kier molecular flexibility index (Phi) is 10.8. The van der Waals surface area contributed by atoms with Crippen LogP contribution in [-0.4, -0.2) is 44.3 Å². The van der Waals surface area contributed by atoms with Crippen LogP contribution in [0.25, 0.3) is 0 Å². The van der Waals surface area contributed by atoms with E-state index in [0.29, 0.717) is 11.6 Å².